The topological polar surface area (TPSA) is 170 Å². The monoisotopic (exact) mass is 561 g/mol. The van der Waals surface area contributed by atoms with Gasteiger partial charge in [0.25, 0.3) is 11.8 Å². The lowest BCUT2D eigenvalue weighted by molar-refractivity contribution is -0.122. The van der Waals surface area contributed by atoms with Gasteiger partial charge in [-0.3, -0.25) is 19.3 Å². The van der Waals surface area contributed by atoms with Gasteiger partial charge in [0, 0.05) is 12.6 Å². The first kappa shape index (κ1) is 27.9. The van der Waals surface area contributed by atoms with Gasteiger partial charge in [-0.2, -0.15) is 4.37 Å². The molecule has 1 aromatic heterocycles. The minimum atomic E-state index is -1.27. The van der Waals surface area contributed by atoms with Gasteiger partial charge in [-0.05, 0) is 46.9 Å². The fourth-order valence-corrected chi connectivity index (χ4v) is 4.79. The molecule has 206 valence electrons. The Morgan fingerprint density at radius 2 is 1.73 bits per heavy atom. The van der Waals surface area contributed by atoms with Crippen LogP contribution in [-0.4, -0.2) is 41.4 Å². The van der Waals surface area contributed by atoms with Crippen molar-refractivity contribution < 1.29 is 29.0 Å². The summed E-state index contributed by atoms with van der Waals surface area (Å²) in [5.41, 5.74) is 12.5. The van der Waals surface area contributed by atoms with Gasteiger partial charge >= 0.3 is 0 Å². The molecule has 0 saturated heterocycles. The Morgan fingerprint density at radius 1 is 1.02 bits per heavy atom. The van der Waals surface area contributed by atoms with Gasteiger partial charge in [0.15, 0.2) is 5.69 Å². The Hall–Kier alpha value is -5.10. The van der Waals surface area contributed by atoms with E-state index in [2.05, 4.69) is 9.69 Å². The molecule has 1 atom stereocenters. The van der Waals surface area contributed by atoms with Gasteiger partial charge in [0.2, 0.25) is 5.91 Å². The van der Waals surface area contributed by atoms with Crippen molar-refractivity contribution in [1.29, 1.82) is 0 Å². The second-order valence-corrected chi connectivity index (χ2v) is 9.32. The number of amides is 3. The van der Waals surface area contributed by atoms with Crippen LogP contribution in [0.5, 0.6) is 17.2 Å². The first-order chi connectivity index (χ1) is 19.2. The molecule has 1 heterocycles. The predicted octanol–water partition coefficient (Wildman–Crippen LogP) is 3.25. The number of aromatic hydroxyl groups is 1. The van der Waals surface area contributed by atoms with Crippen molar-refractivity contribution in [2.75, 3.05) is 24.9 Å². The van der Waals surface area contributed by atoms with Gasteiger partial charge < -0.3 is 31.4 Å². The molecule has 0 bridgehead atoms. The number of carbonyl (C=O) groups is 3. The molecule has 0 saturated carbocycles. The first-order valence-electron chi connectivity index (χ1n) is 12.0. The van der Waals surface area contributed by atoms with Crippen molar-refractivity contribution in [2.24, 2.45) is 5.73 Å². The summed E-state index contributed by atoms with van der Waals surface area (Å²) in [5, 5.41) is 12.8. The van der Waals surface area contributed by atoms with E-state index >= 15 is 0 Å². The van der Waals surface area contributed by atoms with Crippen LogP contribution in [-0.2, 0) is 11.3 Å². The molecule has 4 rings (SSSR count). The molecule has 12 heteroatoms. The number of ether oxygens (including phenoxy) is 2. The minimum Gasteiger partial charge on any atom is -0.508 e. The Kier molecular flexibility index (Phi) is 8.50. The molecule has 0 unspecified atom stereocenters. The summed E-state index contributed by atoms with van der Waals surface area (Å²) in [7, 11) is 2.90. The zero-order valence-electron chi connectivity index (χ0n) is 21.7. The summed E-state index contributed by atoms with van der Waals surface area (Å²) in [5.74, 6) is -1.48. The van der Waals surface area contributed by atoms with Crippen LogP contribution >= 0.6 is 11.5 Å². The third-order valence-corrected chi connectivity index (χ3v) is 6.90. The molecule has 0 fully saturated rings. The van der Waals surface area contributed by atoms with Crippen molar-refractivity contribution in [1.82, 2.24) is 9.69 Å². The molecule has 6 N–H and O–H groups in total. The van der Waals surface area contributed by atoms with Crippen LogP contribution < -0.4 is 31.2 Å². The second-order valence-electron chi connectivity index (χ2n) is 8.55. The van der Waals surface area contributed by atoms with E-state index in [4.69, 9.17) is 20.9 Å². The largest absolute Gasteiger partial charge is 0.508 e. The van der Waals surface area contributed by atoms with Crippen molar-refractivity contribution in [3.63, 3.8) is 0 Å². The standard InChI is InChI=1S/C28H27N5O6S/c1-38-19-12-13-20(21(14-19)39-2)33(28(37)25-22(29)23(26(30)35)32-40-25)24(17-8-10-18(34)11-9-17)27(36)31-15-16-6-4-3-5-7-16/h3-14,24,34H,15,29H2,1-2H3,(H2,30,35)(H,31,36)/t24-/m0/s1. The number of benzene rings is 3. The van der Waals surface area contributed by atoms with Crippen molar-refractivity contribution in [3.8, 4) is 17.2 Å². The number of nitrogen functional groups attached to an aromatic ring is 1. The van der Waals surface area contributed by atoms with Crippen molar-refractivity contribution >= 4 is 40.6 Å². The zero-order valence-corrected chi connectivity index (χ0v) is 22.5. The number of nitrogens with two attached hydrogens (primary N) is 2. The van der Waals surface area contributed by atoms with Crippen LogP contribution in [0.15, 0.2) is 72.8 Å². The molecular formula is C28H27N5O6S. The number of nitrogens with one attached hydrogen (secondary N) is 1. The third-order valence-electron chi connectivity index (χ3n) is 6.05. The van der Waals surface area contributed by atoms with E-state index in [0.717, 1.165) is 5.56 Å². The van der Waals surface area contributed by atoms with Crippen LogP contribution in [0.25, 0.3) is 0 Å². The molecule has 40 heavy (non-hydrogen) atoms. The number of nitrogens with zero attached hydrogens (tertiary/aromatic N) is 2. The van der Waals surface area contributed by atoms with E-state index in [0.29, 0.717) is 22.8 Å². The lowest BCUT2D eigenvalue weighted by Gasteiger charge is -2.32. The molecular weight excluding hydrogens is 534 g/mol. The Labute approximate surface area is 234 Å². The highest BCUT2D eigenvalue weighted by Crippen LogP contribution is 2.40. The van der Waals surface area contributed by atoms with Crippen molar-refractivity contribution in [2.45, 2.75) is 12.6 Å². The van der Waals surface area contributed by atoms with Gasteiger partial charge in [-0.25, -0.2) is 0 Å². The van der Waals surface area contributed by atoms with E-state index < -0.39 is 23.8 Å². The average molecular weight is 562 g/mol. The van der Waals surface area contributed by atoms with Gasteiger partial charge in [0.05, 0.1) is 25.6 Å². The number of carbonyl (C=O) groups excluding carboxylic acids is 3. The molecule has 11 nitrogen and oxygen atoms in total. The maximum Gasteiger partial charge on any atom is 0.273 e. The fraction of sp³-hybridized carbons (Fsp3) is 0.143. The van der Waals surface area contributed by atoms with Crippen LogP contribution in [0.3, 0.4) is 0 Å². The Morgan fingerprint density at radius 3 is 2.33 bits per heavy atom. The number of hydrogen-bond acceptors (Lipinski definition) is 9. The second kappa shape index (κ2) is 12.2. The lowest BCUT2D eigenvalue weighted by Crippen LogP contribution is -2.44. The molecule has 0 radical (unpaired) electrons. The van der Waals surface area contributed by atoms with Crippen LogP contribution in [0.1, 0.15) is 37.3 Å². The number of methoxy groups -OCH3 is 2. The number of primary amides is 1. The summed E-state index contributed by atoms with van der Waals surface area (Å²) in [6.45, 7) is 0.185. The molecule has 0 spiro atoms. The highest BCUT2D eigenvalue weighted by molar-refractivity contribution is 7.09. The summed E-state index contributed by atoms with van der Waals surface area (Å²) in [4.78, 5) is 41.1. The number of anilines is 2. The molecule has 0 aliphatic rings. The fourth-order valence-electron chi connectivity index (χ4n) is 4.04. The number of aromatic nitrogens is 1. The third kappa shape index (κ3) is 5.81. The van der Waals surface area contributed by atoms with E-state index in [1.807, 2.05) is 30.3 Å². The van der Waals surface area contributed by atoms with E-state index in [1.165, 1.54) is 43.4 Å². The quantitative estimate of drug-likeness (QED) is 0.229. The summed E-state index contributed by atoms with van der Waals surface area (Å²) >= 11 is 0.689. The number of phenols is 1. The summed E-state index contributed by atoms with van der Waals surface area (Å²) in [6, 6.07) is 18.6. The predicted molar refractivity (Wildman–Crippen MR) is 151 cm³/mol. The lowest BCUT2D eigenvalue weighted by atomic mass is 10.0. The number of hydrogen-bond donors (Lipinski definition) is 4. The highest BCUT2D eigenvalue weighted by Gasteiger charge is 2.37. The highest BCUT2D eigenvalue weighted by atomic mass is 32.1. The van der Waals surface area contributed by atoms with E-state index in [-0.39, 0.29) is 40.0 Å². The van der Waals surface area contributed by atoms with Crippen LogP contribution in [0.4, 0.5) is 11.4 Å². The average Bonchev–Trinajstić information content (AvgIpc) is 3.36. The summed E-state index contributed by atoms with van der Waals surface area (Å²) < 4.78 is 14.8. The maximum atomic E-state index is 14.2. The van der Waals surface area contributed by atoms with E-state index in [9.17, 15) is 19.5 Å². The molecule has 3 aromatic carbocycles. The van der Waals surface area contributed by atoms with E-state index in [1.54, 1.807) is 18.2 Å². The van der Waals surface area contributed by atoms with Gasteiger partial charge in [-0.1, -0.05) is 42.5 Å². The first-order valence-corrected chi connectivity index (χ1v) is 12.7. The van der Waals surface area contributed by atoms with Gasteiger partial charge in [-0.15, -0.1) is 0 Å². The number of rotatable bonds is 10. The maximum absolute atomic E-state index is 14.2. The Bertz CT molecular complexity index is 1520. The van der Waals surface area contributed by atoms with Gasteiger partial charge in [0.1, 0.15) is 28.2 Å². The smallest absolute Gasteiger partial charge is 0.273 e. The Balaban J connectivity index is 1.89. The van der Waals surface area contributed by atoms with Crippen LogP contribution in [0, 0.1) is 0 Å². The molecule has 0 aliphatic carbocycles. The normalized spacial score (nSPS) is 11.3. The molecule has 3 amide bonds. The molecule has 0 aliphatic heterocycles. The van der Waals surface area contributed by atoms with Crippen molar-refractivity contribution in [3.05, 3.63) is 94.5 Å². The minimum absolute atomic E-state index is 0.0232. The SMILES string of the molecule is COc1ccc(N(C(=O)c2snc(C(N)=O)c2N)[C@H](C(=O)NCc2ccccc2)c2ccc(O)cc2)c(OC)c1. The van der Waals surface area contributed by atoms with Crippen LogP contribution in [0.2, 0.25) is 0 Å². The number of phenolic OH excluding ortho intramolecular Hbond substituents is 1. The zero-order chi connectivity index (χ0) is 28.8. The summed E-state index contributed by atoms with van der Waals surface area (Å²) in [6.07, 6.45) is 0. The molecule has 4 aromatic rings.